The van der Waals surface area contributed by atoms with E-state index in [0.29, 0.717) is 28.2 Å². The number of aryl methyl sites for hydroxylation is 1. The molecule has 2 aromatic rings. The molecule has 1 heterocycles. The zero-order chi connectivity index (χ0) is 17.5. The third-order valence-corrected chi connectivity index (χ3v) is 3.11. The van der Waals surface area contributed by atoms with Crippen molar-refractivity contribution in [3.63, 3.8) is 0 Å². The molecule has 0 aliphatic rings. The van der Waals surface area contributed by atoms with E-state index in [4.69, 9.17) is 4.74 Å². The summed E-state index contributed by atoms with van der Waals surface area (Å²) >= 11 is 0. The molecule has 2 rings (SSSR count). The second-order valence-electron chi connectivity index (χ2n) is 4.91. The fourth-order valence-corrected chi connectivity index (χ4v) is 2.10. The summed E-state index contributed by atoms with van der Waals surface area (Å²) in [6.07, 6.45) is 1.42. The Morgan fingerprint density at radius 3 is 2.96 bits per heavy atom. The van der Waals surface area contributed by atoms with Gasteiger partial charge in [0.05, 0.1) is 17.7 Å². The SMILES string of the molecule is COCc1cc(C)nc(N/N=C/c2cccc([N+](=O)[O-])c2)c1C#N. The number of nitro groups is 1. The highest BCUT2D eigenvalue weighted by Gasteiger charge is 2.11. The number of nitrogens with one attached hydrogen (secondary N) is 1. The highest BCUT2D eigenvalue weighted by molar-refractivity contribution is 5.81. The van der Waals surface area contributed by atoms with Crippen molar-refractivity contribution >= 4 is 17.7 Å². The minimum absolute atomic E-state index is 0.0206. The van der Waals surface area contributed by atoms with Gasteiger partial charge in [-0.1, -0.05) is 12.1 Å². The van der Waals surface area contributed by atoms with Gasteiger partial charge >= 0.3 is 0 Å². The number of aromatic nitrogens is 1. The predicted molar refractivity (Wildman–Crippen MR) is 88.7 cm³/mol. The number of benzene rings is 1. The molecule has 0 bridgehead atoms. The quantitative estimate of drug-likeness (QED) is 0.496. The molecule has 0 spiro atoms. The van der Waals surface area contributed by atoms with Gasteiger partial charge in [0.25, 0.3) is 5.69 Å². The van der Waals surface area contributed by atoms with Crippen molar-refractivity contribution in [1.29, 1.82) is 5.26 Å². The van der Waals surface area contributed by atoms with Gasteiger partial charge in [0.1, 0.15) is 11.6 Å². The Bertz CT molecular complexity index is 827. The lowest BCUT2D eigenvalue weighted by Crippen LogP contribution is -2.03. The van der Waals surface area contributed by atoms with Crippen LogP contribution in [0.1, 0.15) is 22.4 Å². The van der Waals surface area contributed by atoms with Crippen LogP contribution in [0.3, 0.4) is 0 Å². The van der Waals surface area contributed by atoms with Crippen LogP contribution in [0.4, 0.5) is 11.5 Å². The molecule has 8 nitrogen and oxygen atoms in total. The second kappa shape index (κ2) is 7.80. The molecule has 1 N–H and O–H groups in total. The van der Waals surface area contributed by atoms with Gasteiger partial charge in [-0.05, 0) is 13.0 Å². The number of methoxy groups -OCH3 is 1. The van der Waals surface area contributed by atoms with E-state index in [1.807, 2.05) is 0 Å². The van der Waals surface area contributed by atoms with E-state index in [1.165, 1.54) is 18.3 Å². The van der Waals surface area contributed by atoms with Crippen LogP contribution in [0, 0.1) is 28.4 Å². The molecule has 0 fully saturated rings. The number of hydrogen-bond acceptors (Lipinski definition) is 7. The Balaban J connectivity index is 2.24. The maximum atomic E-state index is 10.8. The number of nitriles is 1. The van der Waals surface area contributed by atoms with Crippen molar-refractivity contribution < 1.29 is 9.66 Å². The van der Waals surface area contributed by atoms with Crippen molar-refractivity contribution in [2.45, 2.75) is 13.5 Å². The summed E-state index contributed by atoms with van der Waals surface area (Å²) in [5.74, 6) is 0.311. The van der Waals surface area contributed by atoms with E-state index in [-0.39, 0.29) is 12.3 Å². The van der Waals surface area contributed by atoms with Crippen molar-refractivity contribution in [2.24, 2.45) is 5.10 Å². The molecule has 0 radical (unpaired) electrons. The van der Waals surface area contributed by atoms with Crippen molar-refractivity contribution in [1.82, 2.24) is 4.98 Å². The molecule has 0 saturated heterocycles. The Kier molecular flexibility index (Phi) is 5.54. The number of hydrogen-bond donors (Lipinski definition) is 1. The number of nitro benzene ring substituents is 1. The first-order valence-corrected chi connectivity index (χ1v) is 6.98. The molecule has 0 atom stereocenters. The van der Waals surface area contributed by atoms with Crippen LogP contribution in [0.2, 0.25) is 0 Å². The Labute approximate surface area is 138 Å². The number of non-ortho nitro benzene ring substituents is 1. The maximum Gasteiger partial charge on any atom is 0.270 e. The first-order chi connectivity index (χ1) is 11.5. The molecule has 0 aliphatic carbocycles. The number of rotatable bonds is 6. The molecule has 0 amide bonds. The summed E-state index contributed by atoms with van der Waals surface area (Å²) < 4.78 is 5.08. The fourth-order valence-electron chi connectivity index (χ4n) is 2.10. The van der Waals surface area contributed by atoms with E-state index >= 15 is 0 Å². The van der Waals surface area contributed by atoms with Gasteiger partial charge in [-0.25, -0.2) is 4.98 Å². The van der Waals surface area contributed by atoms with E-state index in [2.05, 4.69) is 21.6 Å². The third kappa shape index (κ3) is 4.12. The van der Waals surface area contributed by atoms with Gasteiger partial charge in [0, 0.05) is 36.1 Å². The molecule has 1 aromatic carbocycles. The number of ether oxygens (including phenoxy) is 1. The van der Waals surface area contributed by atoms with Crippen LogP contribution in [-0.4, -0.2) is 23.2 Å². The largest absolute Gasteiger partial charge is 0.380 e. The fraction of sp³-hybridized carbons (Fsp3) is 0.188. The van der Waals surface area contributed by atoms with Gasteiger partial charge in [-0.2, -0.15) is 10.4 Å². The minimum atomic E-state index is -0.475. The van der Waals surface area contributed by atoms with Crippen LogP contribution in [0.15, 0.2) is 35.4 Å². The van der Waals surface area contributed by atoms with Gasteiger partial charge in [-0.15, -0.1) is 0 Å². The molecular weight excluding hydrogens is 310 g/mol. The van der Waals surface area contributed by atoms with Crippen LogP contribution in [0.25, 0.3) is 0 Å². The van der Waals surface area contributed by atoms with E-state index in [9.17, 15) is 15.4 Å². The Hall–Kier alpha value is -3.31. The summed E-state index contributed by atoms with van der Waals surface area (Å²) in [6.45, 7) is 2.09. The Morgan fingerprint density at radius 2 is 2.29 bits per heavy atom. The van der Waals surface area contributed by atoms with Gasteiger partial charge in [-0.3, -0.25) is 15.5 Å². The molecular formula is C16H15N5O3. The van der Waals surface area contributed by atoms with E-state index < -0.39 is 4.92 Å². The van der Waals surface area contributed by atoms with Crippen molar-refractivity contribution in [3.05, 3.63) is 62.8 Å². The lowest BCUT2D eigenvalue weighted by Gasteiger charge is -2.09. The van der Waals surface area contributed by atoms with Crippen LogP contribution >= 0.6 is 0 Å². The van der Waals surface area contributed by atoms with E-state index in [0.717, 1.165) is 0 Å². The zero-order valence-electron chi connectivity index (χ0n) is 13.2. The molecule has 0 unspecified atom stereocenters. The topological polar surface area (TPSA) is 113 Å². The molecule has 8 heteroatoms. The summed E-state index contributed by atoms with van der Waals surface area (Å²) in [6, 6.07) is 9.91. The molecule has 24 heavy (non-hydrogen) atoms. The van der Waals surface area contributed by atoms with Crippen LogP contribution in [0.5, 0.6) is 0 Å². The molecule has 122 valence electrons. The zero-order valence-corrected chi connectivity index (χ0v) is 13.2. The monoisotopic (exact) mass is 325 g/mol. The van der Waals surface area contributed by atoms with E-state index in [1.54, 1.807) is 32.2 Å². The average molecular weight is 325 g/mol. The first kappa shape index (κ1) is 17.1. The second-order valence-corrected chi connectivity index (χ2v) is 4.91. The molecule has 0 aliphatic heterocycles. The molecule has 1 aromatic heterocycles. The number of hydrazone groups is 1. The summed E-state index contributed by atoms with van der Waals surface area (Å²) in [4.78, 5) is 14.5. The van der Waals surface area contributed by atoms with Crippen LogP contribution < -0.4 is 5.43 Å². The number of pyridine rings is 1. The smallest absolute Gasteiger partial charge is 0.270 e. The highest BCUT2D eigenvalue weighted by Crippen LogP contribution is 2.19. The third-order valence-electron chi connectivity index (χ3n) is 3.11. The number of nitrogens with zero attached hydrogens (tertiary/aromatic N) is 4. The standard InChI is InChI=1S/C16H15N5O3/c1-11-6-13(10-24-2)15(8-17)16(19-11)20-18-9-12-4-3-5-14(7-12)21(22)23/h3-7,9H,10H2,1-2H3,(H,19,20)/b18-9+. The molecule has 0 saturated carbocycles. The lowest BCUT2D eigenvalue weighted by atomic mass is 10.1. The summed E-state index contributed by atoms with van der Waals surface area (Å²) in [5.41, 5.74) is 5.02. The van der Waals surface area contributed by atoms with Crippen molar-refractivity contribution in [2.75, 3.05) is 12.5 Å². The van der Waals surface area contributed by atoms with Gasteiger partial charge in [0.15, 0.2) is 5.82 Å². The van der Waals surface area contributed by atoms with Crippen LogP contribution in [-0.2, 0) is 11.3 Å². The summed E-state index contributed by atoms with van der Waals surface area (Å²) in [5, 5.41) is 24.1. The highest BCUT2D eigenvalue weighted by atomic mass is 16.6. The maximum absolute atomic E-state index is 10.8. The van der Waals surface area contributed by atoms with Crippen molar-refractivity contribution in [3.8, 4) is 6.07 Å². The first-order valence-electron chi connectivity index (χ1n) is 6.98. The minimum Gasteiger partial charge on any atom is -0.380 e. The average Bonchev–Trinajstić information content (AvgIpc) is 2.55. The number of anilines is 1. The van der Waals surface area contributed by atoms with Gasteiger partial charge in [0.2, 0.25) is 0 Å². The normalized spacial score (nSPS) is 10.5. The lowest BCUT2D eigenvalue weighted by molar-refractivity contribution is -0.384. The summed E-state index contributed by atoms with van der Waals surface area (Å²) in [7, 11) is 1.55. The Morgan fingerprint density at radius 1 is 1.50 bits per heavy atom. The predicted octanol–water partition coefficient (Wildman–Crippen LogP) is 2.76. The van der Waals surface area contributed by atoms with Gasteiger partial charge < -0.3 is 4.74 Å².